The fraction of sp³-hybridized carbons (Fsp3) is 0.188. The predicted molar refractivity (Wildman–Crippen MR) is 74.6 cm³/mol. The minimum atomic E-state index is 0.0573. The summed E-state index contributed by atoms with van der Waals surface area (Å²) in [4.78, 5) is 11.5. The average Bonchev–Trinajstić information content (AvgIpc) is 2.79. The number of nitrogens with two attached hydrogens (primary N) is 1. The predicted octanol–water partition coefficient (Wildman–Crippen LogP) is 1.07. The van der Waals surface area contributed by atoms with Crippen molar-refractivity contribution in [3.8, 4) is 11.1 Å². The second kappa shape index (κ2) is 4.86. The standard InChI is InChI=1S/C16H16N2O/c1-17-15(19)10-18-16-13-8-4-2-6-11(13)12-7-3-5-9-14(12)16/h2-9,16,18H,10H2,1H3,(H,17,19)/p+1. The molecule has 0 spiro atoms. The maximum Gasteiger partial charge on any atom is 0.274 e. The number of hydrogen-bond acceptors (Lipinski definition) is 1. The van der Waals surface area contributed by atoms with Gasteiger partial charge in [0.1, 0.15) is 6.04 Å². The summed E-state index contributed by atoms with van der Waals surface area (Å²) in [6.07, 6.45) is 0. The molecule has 0 radical (unpaired) electrons. The van der Waals surface area contributed by atoms with E-state index in [2.05, 4.69) is 59.2 Å². The summed E-state index contributed by atoms with van der Waals surface area (Å²) in [5.74, 6) is 0.0573. The van der Waals surface area contributed by atoms with E-state index in [9.17, 15) is 4.79 Å². The number of rotatable bonds is 3. The number of likely N-dealkylation sites (N-methyl/N-ethyl adjacent to an activating group) is 1. The van der Waals surface area contributed by atoms with Gasteiger partial charge in [-0.1, -0.05) is 48.5 Å². The third-order valence-corrected chi connectivity index (χ3v) is 3.70. The zero-order chi connectivity index (χ0) is 13.2. The average molecular weight is 253 g/mol. The first kappa shape index (κ1) is 11.9. The minimum Gasteiger partial charge on any atom is -0.354 e. The first-order valence-electron chi connectivity index (χ1n) is 6.53. The second-order valence-corrected chi connectivity index (χ2v) is 4.77. The van der Waals surface area contributed by atoms with Crippen LogP contribution in [0.5, 0.6) is 0 Å². The maximum atomic E-state index is 11.5. The molecular weight excluding hydrogens is 236 g/mol. The molecule has 0 atom stereocenters. The molecule has 0 aromatic heterocycles. The highest BCUT2D eigenvalue weighted by Gasteiger charge is 2.30. The van der Waals surface area contributed by atoms with Crippen LogP contribution in [0.25, 0.3) is 11.1 Å². The molecule has 3 N–H and O–H groups in total. The second-order valence-electron chi connectivity index (χ2n) is 4.77. The molecule has 0 saturated carbocycles. The molecule has 3 rings (SSSR count). The molecule has 2 aromatic carbocycles. The van der Waals surface area contributed by atoms with Gasteiger partial charge in [0.15, 0.2) is 6.54 Å². The molecule has 96 valence electrons. The van der Waals surface area contributed by atoms with Crippen LogP contribution in [0.1, 0.15) is 17.2 Å². The van der Waals surface area contributed by atoms with E-state index in [4.69, 9.17) is 0 Å². The summed E-state index contributed by atoms with van der Waals surface area (Å²) >= 11 is 0. The van der Waals surface area contributed by atoms with Crippen LogP contribution in [0.4, 0.5) is 0 Å². The number of quaternary nitrogens is 1. The fourth-order valence-electron chi connectivity index (χ4n) is 2.78. The summed E-state index contributed by atoms with van der Waals surface area (Å²) < 4.78 is 0. The highest BCUT2D eigenvalue weighted by Crippen LogP contribution is 2.40. The van der Waals surface area contributed by atoms with Gasteiger partial charge in [-0.05, 0) is 11.1 Å². The summed E-state index contributed by atoms with van der Waals surface area (Å²) in [5, 5.41) is 4.77. The molecule has 1 aliphatic carbocycles. The van der Waals surface area contributed by atoms with Gasteiger partial charge in [-0.15, -0.1) is 0 Å². The summed E-state index contributed by atoms with van der Waals surface area (Å²) in [6, 6.07) is 17.1. The monoisotopic (exact) mass is 253 g/mol. The van der Waals surface area contributed by atoms with Crippen molar-refractivity contribution in [2.75, 3.05) is 13.6 Å². The van der Waals surface area contributed by atoms with Crippen LogP contribution in [-0.2, 0) is 4.79 Å². The Kier molecular flexibility index (Phi) is 3.05. The third-order valence-electron chi connectivity index (χ3n) is 3.70. The lowest BCUT2D eigenvalue weighted by atomic mass is 10.1. The van der Waals surface area contributed by atoms with E-state index in [0.717, 1.165) is 0 Å². The van der Waals surface area contributed by atoms with Crippen LogP contribution >= 0.6 is 0 Å². The molecule has 2 aromatic rings. The first-order chi connectivity index (χ1) is 9.31. The molecule has 0 bridgehead atoms. The summed E-state index contributed by atoms with van der Waals surface area (Å²) in [7, 11) is 1.67. The van der Waals surface area contributed by atoms with Crippen molar-refractivity contribution in [1.82, 2.24) is 5.32 Å². The lowest BCUT2D eigenvalue weighted by molar-refractivity contribution is -0.676. The number of carbonyl (C=O) groups excluding carboxylic acids is 1. The maximum absolute atomic E-state index is 11.5. The zero-order valence-corrected chi connectivity index (χ0v) is 10.9. The number of amides is 1. The summed E-state index contributed by atoms with van der Waals surface area (Å²) in [6.45, 7) is 0.448. The van der Waals surface area contributed by atoms with Gasteiger partial charge in [0.25, 0.3) is 5.91 Å². The Morgan fingerprint density at radius 3 is 2.11 bits per heavy atom. The SMILES string of the molecule is CNC(=O)C[NH2+]C1c2ccccc2-c2ccccc21. The van der Waals surface area contributed by atoms with Crippen molar-refractivity contribution < 1.29 is 10.1 Å². The topological polar surface area (TPSA) is 45.7 Å². The fourth-order valence-corrected chi connectivity index (χ4v) is 2.78. The van der Waals surface area contributed by atoms with Gasteiger partial charge in [-0.3, -0.25) is 4.79 Å². The molecule has 3 nitrogen and oxygen atoms in total. The Labute approximate surface area is 112 Å². The Bertz CT molecular complexity index is 576. The molecule has 1 aliphatic rings. The molecular formula is C16H17N2O+. The quantitative estimate of drug-likeness (QED) is 0.844. The van der Waals surface area contributed by atoms with Crippen LogP contribution in [-0.4, -0.2) is 19.5 Å². The third kappa shape index (κ3) is 2.02. The zero-order valence-electron chi connectivity index (χ0n) is 10.9. The largest absolute Gasteiger partial charge is 0.354 e. The van der Waals surface area contributed by atoms with E-state index in [1.165, 1.54) is 22.3 Å². The number of benzene rings is 2. The van der Waals surface area contributed by atoms with Crippen LogP contribution in [0.2, 0.25) is 0 Å². The van der Waals surface area contributed by atoms with E-state index < -0.39 is 0 Å². The molecule has 0 saturated heterocycles. The summed E-state index contributed by atoms with van der Waals surface area (Å²) in [5.41, 5.74) is 5.17. The number of hydrogen-bond donors (Lipinski definition) is 2. The highest BCUT2D eigenvalue weighted by molar-refractivity contribution is 5.78. The van der Waals surface area contributed by atoms with Crippen LogP contribution in [0.15, 0.2) is 48.5 Å². The van der Waals surface area contributed by atoms with Gasteiger partial charge in [0, 0.05) is 18.2 Å². The smallest absolute Gasteiger partial charge is 0.274 e. The van der Waals surface area contributed by atoms with E-state index in [1.54, 1.807) is 7.05 Å². The molecule has 1 amide bonds. The Balaban J connectivity index is 1.98. The number of nitrogens with one attached hydrogen (secondary N) is 1. The Hall–Kier alpha value is -2.13. The Morgan fingerprint density at radius 1 is 1.05 bits per heavy atom. The highest BCUT2D eigenvalue weighted by atomic mass is 16.1. The molecule has 3 heteroatoms. The number of fused-ring (bicyclic) bond motifs is 3. The lowest BCUT2D eigenvalue weighted by Gasteiger charge is -2.11. The molecule has 0 aliphatic heterocycles. The van der Waals surface area contributed by atoms with Crippen LogP contribution in [0, 0.1) is 0 Å². The molecule has 0 unspecified atom stereocenters. The van der Waals surface area contributed by atoms with E-state index >= 15 is 0 Å². The van der Waals surface area contributed by atoms with Crippen molar-refractivity contribution in [2.24, 2.45) is 0 Å². The van der Waals surface area contributed by atoms with Crippen molar-refractivity contribution in [2.45, 2.75) is 6.04 Å². The van der Waals surface area contributed by atoms with Crippen LogP contribution in [0.3, 0.4) is 0 Å². The van der Waals surface area contributed by atoms with Crippen molar-refractivity contribution in [3.05, 3.63) is 59.7 Å². The van der Waals surface area contributed by atoms with Gasteiger partial charge >= 0.3 is 0 Å². The Morgan fingerprint density at radius 2 is 1.58 bits per heavy atom. The van der Waals surface area contributed by atoms with Gasteiger partial charge in [-0.25, -0.2) is 0 Å². The minimum absolute atomic E-state index is 0.0573. The van der Waals surface area contributed by atoms with Gasteiger partial charge < -0.3 is 10.6 Å². The van der Waals surface area contributed by atoms with Gasteiger partial charge in [0.05, 0.1) is 0 Å². The van der Waals surface area contributed by atoms with E-state index in [1.807, 2.05) is 0 Å². The van der Waals surface area contributed by atoms with Crippen molar-refractivity contribution >= 4 is 5.91 Å². The number of carbonyl (C=O) groups is 1. The normalized spacial score (nSPS) is 12.9. The molecule has 0 fully saturated rings. The molecule has 19 heavy (non-hydrogen) atoms. The van der Waals surface area contributed by atoms with E-state index in [0.29, 0.717) is 6.54 Å². The van der Waals surface area contributed by atoms with Gasteiger partial charge in [-0.2, -0.15) is 0 Å². The van der Waals surface area contributed by atoms with Gasteiger partial charge in [0.2, 0.25) is 0 Å². The van der Waals surface area contributed by atoms with Crippen LogP contribution < -0.4 is 10.6 Å². The van der Waals surface area contributed by atoms with Crippen molar-refractivity contribution in [1.29, 1.82) is 0 Å². The van der Waals surface area contributed by atoms with Crippen molar-refractivity contribution in [3.63, 3.8) is 0 Å². The lowest BCUT2D eigenvalue weighted by Crippen LogP contribution is -2.87. The molecule has 0 heterocycles. The first-order valence-corrected chi connectivity index (χ1v) is 6.53. The van der Waals surface area contributed by atoms with E-state index in [-0.39, 0.29) is 11.9 Å².